The molecule has 2 aromatic carbocycles. The van der Waals surface area contributed by atoms with Gasteiger partial charge in [0, 0.05) is 16.4 Å². The lowest BCUT2D eigenvalue weighted by atomic mass is 10.2. The van der Waals surface area contributed by atoms with Crippen LogP contribution in [0.15, 0.2) is 48.5 Å². The monoisotopic (exact) mass is 375 g/mol. The van der Waals surface area contributed by atoms with Gasteiger partial charge in [-0.15, -0.1) is 0 Å². The van der Waals surface area contributed by atoms with Gasteiger partial charge in [-0.05, 0) is 55.0 Å². The molecule has 0 atom stereocenters. The van der Waals surface area contributed by atoms with Crippen LogP contribution in [0, 0.1) is 10.9 Å². The molecule has 3 rings (SSSR count). The first-order valence-electron chi connectivity index (χ1n) is 7.11. The fourth-order valence-corrected chi connectivity index (χ4v) is 3.66. The Balaban J connectivity index is 1.97. The molecule has 0 aliphatic rings. The SMILES string of the molecule is Cc1ccccc1NC(=O)c1sc(=S)n(-c2ccc(Cl)cc2)c1N. The highest BCUT2D eigenvalue weighted by Crippen LogP contribution is 2.28. The summed E-state index contributed by atoms with van der Waals surface area (Å²) in [6.07, 6.45) is 0. The van der Waals surface area contributed by atoms with Crippen LogP contribution in [-0.2, 0) is 0 Å². The highest BCUT2D eigenvalue weighted by Gasteiger charge is 2.18. The molecule has 1 heterocycles. The van der Waals surface area contributed by atoms with Crippen molar-refractivity contribution >= 4 is 52.6 Å². The van der Waals surface area contributed by atoms with Gasteiger partial charge in [0.15, 0.2) is 3.95 Å². The van der Waals surface area contributed by atoms with E-state index in [1.165, 1.54) is 11.3 Å². The predicted octanol–water partition coefficient (Wildman–Crippen LogP) is 5.06. The van der Waals surface area contributed by atoms with E-state index in [2.05, 4.69) is 5.32 Å². The first-order valence-corrected chi connectivity index (χ1v) is 8.72. The number of benzene rings is 2. The van der Waals surface area contributed by atoms with E-state index < -0.39 is 0 Å². The highest BCUT2D eigenvalue weighted by atomic mass is 35.5. The molecular weight excluding hydrogens is 362 g/mol. The summed E-state index contributed by atoms with van der Waals surface area (Å²) in [5, 5.41) is 3.50. The van der Waals surface area contributed by atoms with E-state index in [1.807, 2.05) is 43.3 Å². The van der Waals surface area contributed by atoms with Crippen molar-refractivity contribution < 1.29 is 4.79 Å². The Morgan fingerprint density at radius 3 is 2.54 bits per heavy atom. The minimum absolute atomic E-state index is 0.273. The number of hydrogen-bond acceptors (Lipinski definition) is 4. The molecule has 3 N–H and O–H groups in total. The van der Waals surface area contributed by atoms with Gasteiger partial charge in [-0.1, -0.05) is 41.1 Å². The number of aromatic nitrogens is 1. The summed E-state index contributed by atoms with van der Waals surface area (Å²) in [7, 11) is 0. The molecule has 0 bridgehead atoms. The van der Waals surface area contributed by atoms with Crippen LogP contribution in [0.5, 0.6) is 0 Å². The third-order valence-electron chi connectivity index (χ3n) is 3.53. The van der Waals surface area contributed by atoms with Crippen LogP contribution in [0.25, 0.3) is 5.69 Å². The van der Waals surface area contributed by atoms with E-state index in [-0.39, 0.29) is 5.91 Å². The maximum Gasteiger partial charge on any atom is 0.269 e. The molecule has 4 nitrogen and oxygen atoms in total. The van der Waals surface area contributed by atoms with Gasteiger partial charge in [-0.25, -0.2) is 0 Å². The number of amides is 1. The summed E-state index contributed by atoms with van der Waals surface area (Å²) in [5.74, 6) is 0.0454. The lowest BCUT2D eigenvalue weighted by Crippen LogP contribution is -2.14. The number of carbonyl (C=O) groups is 1. The van der Waals surface area contributed by atoms with Gasteiger partial charge >= 0.3 is 0 Å². The summed E-state index contributed by atoms with van der Waals surface area (Å²) in [5.41, 5.74) is 8.68. The number of thiazole rings is 1. The van der Waals surface area contributed by atoms with Crippen molar-refractivity contribution in [2.24, 2.45) is 0 Å². The zero-order valence-electron chi connectivity index (χ0n) is 12.7. The lowest BCUT2D eigenvalue weighted by molar-refractivity contribution is 0.103. The molecule has 0 spiro atoms. The predicted molar refractivity (Wildman–Crippen MR) is 103 cm³/mol. The third kappa shape index (κ3) is 3.21. The van der Waals surface area contributed by atoms with Crippen molar-refractivity contribution in [3.63, 3.8) is 0 Å². The first-order chi connectivity index (χ1) is 11.5. The topological polar surface area (TPSA) is 60.0 Å². The molecule has 0 unspecified atom stereocenters. The second-order valence-electron chi connectivity index (χ2n) is 5.16. The van der Waals surface area contributed by atoms with Crippen LogP contribution in [0.2, 0.25) is 5.02 Å². The van der Waals surface area contributed by atoms with Crippen molar-refractivity contribution in [2.75, 3.05) is 11.1 Å². The van der Waals surface area contributed by atoms with Crippen molar-refractivity contribution in [2.45, 2.75) is 6.92 Å². The highest BCUT2D eigenvalue weighted by molar-refractivity contribution is 7.73. The number of rotatable bonds is 3. The van der Waals surface area contributed by atoms with Crippen LogP contribution < -0.4 is 11.1 Å². The standard InChI is InChI=1S/C17H14ClN3OS2/c1-10-4-2-3-5-13(10)20-16(22)14-15(19)21(17(23)24-14)12-8-6-11(18)7-9-12/h2-9H,19H2,1H3,(H,20,22). The number of hydrogen-bond donors (Lipinski definition) is 2. The second kappa shape index (κ2) is 6.76. The van der Waals surface area contributed by atoms with E-state index in [0.29, 0.717) is 19.7 Å². The number of nitrogens with one attached hydrogen (secondary N) is 1. The number of nitrogens with two attached hydrogens (primary N) is 1. The van der Waals surface area contributed by atoms with Crippen LogP contribution in [-0.4, -0.2) is 10.5 Å². The number of para-hydroxylation sites is 1. The number of anilines is 2. The Bertz CT molecular complexity index is 961. The average molecular weight is 376 g/mol. The number of nitrogen functional groups attached to an aromatic ring is 1. The number of halogens is 1. The van der Waals surface area contributed by atoms with E-state index >= 15 is 0 Å². The second-order valence-corrected chi connectivity index (χ2v) is 7.24. The largest absolute Gasteiger partial charge is 0.383 e. The molecular formula is C17H14ClN3OS2. The molecule has 0 aliphatic carbocycles. The molecule has 1 aromatic heterocycles. The summed E-state index contributed by atoms with van der Waals surface area (Å²) in [6.45, 7) is 1.93. The maximum absolute atomic E-state index is 12.6. The van der Waals surface area contributed by atoms with Crippen molar-refractivity contribution in [3.05, 3.63) is 67.9 Å². The fourth-order valence-electron chi connectivity index (χ4n) is 2.27. The molecule has 0 radical (unpaired) electrons. The van der Waals surface area contributed by atoms with Crippen LogP contribution >= 0.6 is 35.2 Å². The summed E-state index contributed by atoms with van der Waals surface area (Å²) >= 11 is 12.5. The molecule has 7 heteroatoms. The van der Waals surface area contributed by atoms with Crippen molar-refractivity contribution in [3.8, 4) is 5.69 Å². The quantitative estimate of drug-likeness (QED) is 0.628. The smallest absolute Gasteiger partial charge is 0.269 e. The van der Waals surface area contributed by atoms with Gasteiger partial charge in [0.25, 0.3) is 5.91 Å². The summed E-state index contributed by atoms with van der Waals surface area (Å²) in [4.78, 5) is 13.0. The average Bonchev–Trinajstić information content (AvgIpc) is 2.85. The lowest BCUT2D eigenvalue weighted by Gasteiger charge is -2.08. The first kappa shape index (κ1) is 16.7. The molecule has 0 saturated heterocycles. The normalized spacial score (nSPS) is 10.6. The Morgan fingerprint density at radius 1 is 1.21 bits per heavy atom. The molecule has 122 valence electrons. The molecule has 3 aromatic rings. The molecule has 1 amide bonds. The van der Waals surface area contributed by atoms with E-state index in [1.54, 1.807) is 16.7 Å². The van der Waals surface area contributed by atoms with Crippen LogP contribution in [0.4, 0.5) is 11.5 Å². The summed E-state index contributed by atoms with van der Waals surface area (Å²) in [6, 6.07) is 14.7. The van der Waals surface area contributed by atoms with E-state index in [4.69, 9.17) is 29.6 Å². The zero-order chi connectivity index (χ0) is 17.3. The Hall–Kier alpha value is -2.15. The maximum atomic E-state index is 12.6. The number of carbonyl (C=O) groups excluding carboxylic acids is 1. The van der Waals surface area contributed by atoms with Crippen LogP contribution in [0.3, 0.4) is 0 Å². The molecule has 0 saturated carbocycles. The van der Waals surface area contributed by atoms with Gasteiger partial charge in [0.1, 0.15) is 10.7 Å². The fraction of sp³-hybridized carbons (Fsp3) is 0.0588. The minimum Gasteiger partial charge on any atom is -0.383 e. The molecule has 0 aliphatic heterocycles. The third-order valence-corrected chi connectivity index (χ3v) is 5.17. The Kier molecular flexibility index (Phi) is 4.71. The van der Waals surface area contributed by atoms with E-state index in [0.717, 1.165) is 16.9 Å². The van der Waals surface area contributed by atoms with Gasteiger partial charge in [-0.3, -0.25) is 9.36 Å². The summed E-state index contributed by atoms with van der Waals surface area (Å²) < 4.78 is 2.17. The molecule has 0 fully saturated rings. The minimum atomic E-state index is -0.273. The zero-order valence-corrected chi connectivity index (χ0v) is 15.1. The van der Waals surface area contributed by atoms with Gasteiger partial charge in [-0.2, -0.15) is 0 Å². The van der Waals surface area contributed by atoms with Gasteiger partial charge in [0.2, 0.25) is 0 Å². The van der Waals surface area contributed by atoms with Gasteiger partial charge in [0.05, 0.1) is 0 Å². The van der Waals surface area contributed by atoms with Crippen molar-refractivity contribution in [1.29, 1.82) is 0 Å². The van der Waals surface area contributed by atoms with Gasteiger partial charge < -0.3 is 11.1 Å². The number of nitrogens with zero attached hydrogens (tertiary/aromatic N) is 1. The Morgan fingerprint density at radius 2 is 1.88 bits per heavy atom. The van der Waals surface area contributed by atoms with Crippen LogP contribution in [0.1, 0.15) is 15.2 Å². The Labute approximate surface area is 153 Å². The molecule has 24 heavy (non-hydrogen) atoms. The number of aryl methyl sites for hydroxylation is 1. The van der Waals surface area contributed by atoms with E-state index in [9.17, 15) is 4.79 Å². The van der Waals surface area contributed by atoms with Crippen molar-refractivity contribution in [1.82, 2.24) is 4.57 Å².